The van der Waals surface area contributed by atoms with Gasteiger partial charge in [0.25, 0.3) is 63.7 Å². The second-order valence-electron chi connectivity index (χ2n) is 41.0. The third-order valence-electron chi connectivity index (χ3n) is 25.6. The van der Waals surface area contributed by atoms with Crippen molar-refractivity contribution >= 4 is 110 Å². The summed E-state index contributed by atoms with van der Waals surface area (Å²) in [5.74, 6) is 2.70. The van der Waals surface area contributed by atoms with Crippen LogP contribution in [-0.2, 0) is 46.5 Å². The number of piperidine rings is 3. The van der Waals surface area contributed by atoms with Gasteiger partial charge in [0.2, 0.25) is 17.6 Å². The highest BCUT2D eigenvalue weighted by Gasteiger charge is 2.43. The van der Waals surface area contributed by atoms with E-state index in [2.05, 4.69) is 141 Å². The largest absolute Gasteiger partial charge is 0.475 e. The van der Waals surface area contributed by atoms with E-state index in [0.717, 1.165) is 118 Å². The van der Waals surface area contributed by atoms with Crippen LogP contribution in [0.25, 0.3) is 45.0 Å². The lowest BCUT2D eigenvalue weighted by Gasteiger charge is -2.42. The van der Waals surface area contributed by atoms with E-state index in [4.69, 9.17) is 57.1 Å². The number of carbonyl (C=O) groups is 4. The first-order valence-electron chi connectivity index (χ1n) is 50.2. The van der Waals surface area contributed by atoms with Crippen molar-refractivity contribution in [1.82, 2.24) is 78.7 Å². The molecule has 5 fully saturated rings. The molecule has 0 aromatic carbocycles. The molecule has 4 saturated heterocycles. The summed E-state index contributed by atoms with van der Waals surface area (Å²) in [5, 5.41) is -1.30. The highest BCUT2D eigenvalue weighted by Crippen LogP contribution is 2.44. The van der Waals surface area contributed by atoms with Crippen LogP contribution in [0.2, 0.25) is 0 Å². The van der Waals surface area contributed by atoms with Crippen LogP contribution in [-0.4, -0.2) is 186 Å². The van der Waals surface area contributed by atoms with Gasteiger partial charge >= 0.3 is 0 Å². The monoisotopic (exact) mass is 2120 g/mol. The summed E-state index contributed by atoms with van der Waals surface area (Å²) in [7, 11) is -16.9. The Labute approximate surface area is 876 Å². The van der Waals surface area contributed by atoms with Crippen LogP contribution in [0.4, 0.5) is 46.5 Å². The molecule has 12 N–H and O–H groups in total. The molecule has 150 heavy (non-hydrogen) atoms. The molecule has 16 heterocycles. The number of rotatable bonds is 31. The number of hydrogen-bond donors (Lipinski definition) is 8. The molecular formula is C107H132N24O15S4. The van der Waals surface area contributed by atoms with E-state index >= 15 is 0 Å². The highest BCUT2D eigenvalue weighted by molar-refractivity contribution is 7.91. The summed E-state index contributed by atoms with van der Waals surface area (Å²) in [6, 6.07) is 45.3. The number of aromatic nitrogens is 12. The Bertz CT molecular complexity index is 7360. The minimum atomic E-state index is -4.25. The summed E-state index contributed by atoms with van der Waals surface area (Å²) >= 11 is 0. The predicted octanol–water partition coefficient (Wildman–Crippen LogP) is 15.4. The van der Waals surface area contributed by atoms with Gasteiger partial charge in [-0.3, -0.25) is 24.2 Å². The van der Waals surface area contributed by atoms with Gasteiger partial charge in [-0.2, -0.15) is 33.7 Å². The molecular weight excluding hydrogens is 1990 g/mol. The zero-order valence-corrected chi connectivity index (χ0v) is 90.2. The van der Waals surface area contributed by atoms with Crippen molar-refractivity contribution in [3.05, 3.63) is 223 Å². The summed E-state index contributed by atoms with van der Waals surface area (Å²) in [6.45, 7) is 35.3. The van der Waals surface area contributed by atoms with E-state index in [-0.39, 0.29) is 101 Å². The molecule has 2 bridgehead atoms. The van der Waals surface area contributed by atoms with Crippen molar-refractivity contribution in [2.45, 2.75) is 224 Å². The third-order valence-corrected chi connectivity index (χ3v) is 30.5. The first-order chi connectivity index (χ1) is 71.0. The number of sulfonamides is 4. The van der Waals surface area contributed by atoms with Crippen LogP contribution in [0.15, 0.2) is 215 Å². The summed E-state index contributed by atoms with van der Waals surface area (Å²) < 4.78 is 129. The molecule has 17 rings (SSSR count). The van der Waals surface area contributed by atoms with E-state index in [1.807, 2.05) is 71.9 Å². The van der Waals surface area contributed by atoms with Crippen LogP contribution in [0.5, 0.6) is 17.6 Å². The fraction of sp³-hybridized carbons (Fsp3) is 0.402. The molecule has 5 atom stereocenters. The fourth-order valence-electron chi connectivity index (χ4n) is 19.3. The van der Waals surface area contributed by atoms with Crippen molar-refractivity contribution in [2.75, 3.05) is 81.8 Å². The van der Waals surface area contributed by atoms with Gasteiger partial charge in [-0.15, -0.1) is 0 Å². The quantitative estimate of drug-likeness (QED) is 0.0200. The molecule has 39 nitrogen and oxygen atoms in total. The Morgan fingerprint density at radius 1 is 0.427 bits per heavy atom. The maximum atomic E-state index is 13.4. The normalized spacial score (nSPS) is 17.3. The minimum Gasteiger partial charge on any atom is -0.475 e. The number of nitrogen functional groups attached to an aromatic ring is 4. The van der Waals surface area contributed by atoms with Gasteiger partial charge in [-0.1, -0.05) is 79.2 Å². The number of anilines is 8. The Hall–Kier alpha value is -14.7. The fourth-order valence-corrected chi connectivity index (χ4v) is 23.0. The second-order valence-corrected chi connectivity index (χ2v) is 47.6. The van der Waals surface area contributed by atoms with Gasteiger partial charge < -0.3 is 56.7 Å². The van der Waals surface area contributed by atoms with Crippen molar-refractivity contribution in [2.24, 2.45) is 35.0 Å². The van der Waals surface area contributed by atoms with Crippen LogP contribution in [0.3, 0.4) is 0 Å². The number of aryl methyl sites for hydroxylation is 1. The van der Waals surface area contributed by atoms with Crippen LogP contribution in [0.1, 0.15) is 215 Å². The number of nitrogens with two attached hydrogens (primary N) is 4. The lowest BCUT2D eigenvalue weighted by Crippen LogP contribution is -2.45. The highest BCUT2D eigenvalue weighted by atomic mass is 32.2. The SMILES string of the molecule is CC(C)CCc1cc(-c2ccc(C(=O)NS(=O)(=O)c3cccc(N)n3)c(N3CC(C)CC3(C)C)n2)ccn1.CC(C)Oc1ccc(-c2ccc(C(=O)NS(=O)(=O)c3cccc(N)n3)c(N3CC4CCC3C4)n2)cn1.CC1CN(c2nc(-c3ccc(OC(C)C)nc3)ccc2C(=O)NS(=O)(=O)c2cccc(N)n2)CC(C)(C)C1.CCCC1CCCN(c2nc(-c3ccc(OC(C)C)nc3)ccc2C(=O)NS(=O)(=O)c2cccc(N)n2)C1. The molecule has 4 amide bonds. The maximum Gasteiger partial charge on any atom is 0.281 e. The van der Waals surface area contributed by atoms with Crippen LogP contribution in [0, 0.1) is 35.0 Å². The number of carbonyl (C=O) groups excluding carboxylic acids is 4. The number of ether oxygens (including phenoxy) is 3. The van der Waals surface area contributed by atoms with Crippen molar-refractivity contribution in [3.8, 4) is 62.7 Å². The standard InChI is InChI=1S/C28H36N6O3S.2C27H34N6O4S.C25H28N6O4S/c1-18(2)9-10-21-15-20(13-14-30-21)23-12-11-22(26(31-23)34-17-19(3)16-28(34,4)5)27(35)33-38(36,37)25-8-6-7-24(29)32-25;1-17(2)37-23-12-9-19(14-29-23)21-11-10-20(25(30-21)33-15-18(3)13-27(4,5)16-33)26(34)32-38(35,36)24-8-6-7-22(28)31-24;1-4-7-19-8-6-15-33(17-19)26-21(27(34)32-38(35,36)25-10-5-9-23(28)31-25)12-13-22(30-26)20-11-14-24(29-16-20)37-18(2)3;1-15(2)35-22-11-7-17(13-27-22)20-10-9-19(24(28-20)31-14-16-6-8-18(31)12-16)25(32)30-36(33,34)23-5-3-4-21(26)29-23/h6-8,11-15,18-19H,9-10,16-17H2,1-5H3,(H2,29,32)(H,33,35);6-12,14,17-18H,13,15-16H2,1-5H3,(H2,28,31)(H,32,34);5,9-14,16,18-19H,4,6-8,15,17H2,1-3H3,(H2,28,31)(H,32,34);3-5,7,9-11,13,15-16,18H,6,8,12,14H2,1-2H3,(H2,26,29)(H,30,32). The Morgan fingerprint density at radius 3 is 1.18 bits per heavy atom. The molecule has 12 aromatic rings. The average Bonchev–Trinajstić information content (AvgIpc) is 1.30. The average molecular weight is 2120 g/mol. The van der Waals surface area contributed by atoms with E-state index in [1.165, 1.54) is 72.8 Å². The lowest BCUT2D eigenvalue weighted by molar-refractivity contribution is 0.0972. The van der Waals surface area contributed by atoms with E-state index < -0.39 is 63.7 Å². The van der Waals surface area contributed by atoms with Gasteiger partial charge in [0.15, 0.2) is 20.1 Å². The molecule has 0 spiro atoms. The molecule has 1 aliphatic carbocycles. The second kappa shape index (κ2) is 47.4. The minimum absolute atomic E-state index is 0.000810. The van der Waals surface area contributed by atoms with Gasteiger partial charge in [-0.05, 0) is 282 Å². The summed E-state index contributed by atoms with van der Waals surface area (Å²) in [5.41, 5.74) is 29.7. The number of fused-ring (bicyclic) bond motifs is 2. The van der Waals surface area contributed by atoms with Gasteiger partial charge in [-0.25, -0.2) is 73.7 Å². The smallest absolute Gasteiger partial charge is 0.281 e. The molecule has 43 heteroatoms. The molecule has 5 aliphatic rings. The van der Waals surface area contributed by atoms with Gasteiger partial charge in [0.1, 0.15) is 46.5 Å². The van der Waals surface area contributed by atoms with E-state index in [0.29, 0.717) is 113 Å². The first kappa shape index (κ1) is 111. The Balaban J connectivity index is 0.000000157. The predicted molar refractivity (Wildman–Crippen MR) is 577 cm³/mol. The summed E-state index contributed by atoms with van der Waals surface area (Å²) in [6.07, 6.45) is 18.1. The van der Waals surface area contributed by atoms with Crippen molar-refractivity contribution in [3.63, 3.8) is 0 Å². The molecule has 12 aromatic heterocycles. The van der Waals surface area contributed by atoms with Crippen molar-refractivity contribution in [1.29, 1.82) is 0 Å². The zero-order valence-electron chi connectivity index (χ0n) is 86.9. The number of nitrogens with one attached hydrogen (secondary N) is 4. The van der Waals surface area contributed by atoms with E-state index in [9.17, 15) is 52.8 Å². The van der Waals surface area contributed by atoms with E-state index in [1.54, 1.807) is 91.5 Å². The Kier molecular flexibility index (Phi) is 35.1. The topological polar surface area (TPSA) is 552 Å². The van der Waals surface area contributed by atoms with Crippen LogP contribution >= 0.6 is 0 Å². The summed E-state index contributed by atoms with van der Waals surface area (Å²) in [4.78, 5) is 114. The third kappa shape index (κ3) is 28.7. The first-order valence-corrected chi connectivity index (χ1v) is 56.1. The molecule has 5 unspecified atom stereocenters. The molecule has 794 valence electrons. The number of hydrogen-bond acceptors (Lipinski definition) is 35. The van der Waals surface area contributed by atoms with Crippen molar-refractivity contribution < 1.29 is 67.1 Å². The van der Waals surface area contributed by atoms with Crippen LogP contribution < -0.4 is 75.6 Å². The number of pyridine rings is 12. The van der Waals surface area contributed by atoms with Gasteiger partial charge in [0, 0.05) is 122 Å². The van der Waals surface area contributed by atoms with Gasteiger partial charge in [0.05, 0.1) is 63.3 Å². The molecule has 4 aliphatic heterocycles. The zero-order chi connectivity index (χ0) is 108. The number of amides is 4. The number of nitrogens with zero attached hydrogens (tertiary/aromatic N) is 16. The molecule has 0 radical (unpaired) electrons. The lowest BCUT2D eigenvalue weighted by atomic mass is 9.79. The maximum absolute atomic E-state index is 13.4. The Morgan fingerprint density at radius 2 is 0.820 bits per heavy atom. The molecule has 1 saturated carbocycles.